The van der Waals surface area contributed by atoms with Gasteiger partial charge in [-0.05, 0) is 29.7 Å². The number of carbonyl (C=O) groups excluding carboxylic acids is 1. The molecule has 5 nitrogen and oxygen atoms in total. The number of nitrogens with zero attached hydrogens (tertiary/aromatic N) is 1. The van der Waals surface area contributed by atoms with E-state index in [-0.39, 0.29) is 5.97 Å². The molecule has 0 saturated heterocycles. The van der Waals surface area contributed by atoms with Gasteiger partial charge < -0.3 is 9.84 Å². The summed E-state index contributed by atoms with van der Waals surface area (Å²) >= 11 is 7.64. The second kappa shape index (κ2) is 6.93. The van der Waals surface area contributed by atoms with Crippen LogP contribution >= 0.6 is 22.9 Å². The van der Waals surface area contributed by atoms with E-state index in [1.807, 2.05) is 11.0 Å². The summed E-state index contributed by atoms with van der Waals surface area (Å²) in [6, 6.07) is 8.03. The van der Waals surface area contributed by atoms with Gasteiger partial charge in [0, 0.05) is 29.9 Å². The zero-order valence-corrected chi connectivity index (χ0v) is 14.6. The van der Waals surface area contributed by atoms with Crippen molar-refractivity contribution in [3.05, 3.63) is 51.4 Å². The van der Waals surface area contributed by atoms with Crippen molar-refractivity contribution in [1.29, 1.82) is 0 Å². The summed E-state index contributed by atoms with van der Waals surface area (Å²) in [7, 11) is 0. The number of thiophene rings is 1. The molecule has 2 aromatic rings. The van der Waals surface area contributed by atoms with Gasteiger partial charge in [-0.25, -0.2) is 0 Å². The highest BCUT2D eigenvalue weighted by Gasteiger charge is 2.32. The third-order valence-electron chi connectivity index (χ3n) is 3.92. The number of rotatable bonds is 4. The first-order chi connectivity index (χ1) is 11.5. The largest absolute Gasteiger partial charge is 0.480 e. The van der Waals surface area contributed by atoms with E-state index in [1.165, 1.54) is 18.3 Å². The summed E-state index contributed by atoms with van der Waals surface area (Å²) in [6.45, 7) is 2.45. The summed E-state index contributed by atoms with van der Waals surface area (Å²) < 4.78 is 5.14. The van der Waals surface area contributed by atoms with Gasteiger partial charge in [0.05, 0.1) is 0 Å². The Bertz CT molecular complexity index is 789. The Labute approximate surface area is 148 Å². The monoisotopic (exact) mass is 365 g/mol. The molecule has 24 heavy (non-hydrogen) atoms. The van der Waals surface area contributed by atoms with Crippen molar-refractivity contribution in [2.75, 3.05) is 6.54 Å². The van der Waals surface area contributed by atoms with Crippen molar-refractivity contribution in [3.63, 3.8) is 0 Å². The molecule has 3 rings (SSSR count). The number of carboxylic acids is 1. The van der Waals surface area contributed by atoms with Crippen molar-refractivity contribution in [1.82, 2.24) is 4.90 Å². The predicted molar refractivity (Wildman–Crippen MR) is 91.6 cm³/mol. The quantitative estimate of drug-likeness (QED) is 0.840. The zero-order chi connectivity index (χ0) is 17.3. The number of esters is 1. The van der Waals surface area contributed by atoms with Gasteiger partial charge in [0.2, 0.25) is 0 Å². The van der Waals surface area contributed by atoms with E-state index in [1.54, 1.807) is 24.3 Å². The van der Waals surface area contributed by atoms with E-state index in [9.17, 15) is 14.7 Å². The van der Waals surface area contributed by atoms with E-state index >= 15 is 0 Å². The number of carbonyl (C=O) groups is 2. The van der Waals surface area contributed by atoms with Crippen LogP contribution in [0.5, 0.6) is 5.06 Å². The van der Waals surface area contributed by atoms with E-state index in [0.717, 1.165) is 16.9 Å². The smallest absolute Gasteiger partial charge is 0.325 e. The summed E-state index contributed by atoms with van der Waals surface area (Å²) in [6.07, 6.45) is 0.718. The van der Waals surface area contributed by atoms with E-state index in [0.29, 0.717) is 28.7 Å². The molecule has 1 aliphatic heterocycles. The minimum atomic E-state index is -0.929. The van der Waals surface area contributed by atoms with Crippen LogP contribution < -0.4 is 4.74 Å². The van der Waals surface area contributed by atoms with Gasteiger partial charge in [0.1, 0.15) is 6.04 Å². The summed E-state index contributed by atoms with van der Waals surface area (Å²) in [5.41, 5.74) is 1.59. The number of aliphatic carboxylic acids is 1. The fraction of sp³-hybridized carbons (Fsp3) is 0.294. The Morgan fingerprint density at radius 2 is 2.12 bits per heavy atom. The van der Waals surface area contributed by atoms with Gasteiger partial charge in [-0.2, -0.15) is 0 Å². The van der Waals surface area contributed by atoms with Gasteiger partial charge in [-0.15, -0.1) is 11.3 Å². The first-order valence-corrected chi connectivity index (χ1v) is 8.66. The van der Waals surface area contributed by atoms with Crippen LogP contribution in [0.3, 0.4) is 0 Å². The summed E-state index contributed by atoms with van der Waals surface area (Å²) in [4.78, 5) is 26.0. The van der Waals surface area contributed by atoms with Crippen LogP contribution in [0.15, 0.2) is 30.3 Å². The molecule has 0 spiro atoms. The van der Waals surface area contributed by atoms with Gasteiger partial charge in [-0.1, -0.05) is 29.8 Å². The molecular formula is C17H16ClNO4S. The number of halogens is 1. The molecule has 1 N–H and O–H groups in total. The lowest BCUT2D eigenvalue weighted by Crippen LogP contribution is -2.37. The van der Waals surface area contributed by atoms with Crippen LogP contribution in [0.25, 0.3) is 0 Å². The van der Waals surface area contributed by atoms with Gasteiger partial charge in [0.15, 0.2) is 5.06 Å². The lowest BCUT2D eigenvalue weighted by atomic mass is 10.0. The second-order valence-corrected chi connectivity index (χ2v) is 7.10. The molecule has 0 fully saturated rings. The topological polar surface area (TPSA) is 66.8 Å². The van der Waals surface area contributed by atoms with Crippen LogP contribution in [0.1, 0.15) is 29.0 Å². The molecule has 2 heterocycles. The van der Waals surface area contributed by atoms with Crippen molar-refractivity contribution in [2.45, 2.75) is 25.9 Å². The molecule has 1 aromatic heterocycles. The Morgan fingerprint density at radius 3 is 2.79 bits per heavy atom. The third kappa shape index (κ3) is 3.45. The van der Waals surface area contributed by atoms with Gasteiger partial charge in [-0.3, -0.25) is 14.5 Å². The molecule has 1 aromatic carbocycles. The normalized spacial score (nSPS) is 15.6. The van der Waals surface area contributed by atoms with Crippen molar-refractivity contribution in [2.24, 2.45) is 0 Å². The average Bonchev–Trinajstić information content (AvgIpc) is 2.89. The molecule has 126 valence electrons. The highest BCUT2D eigenvalue weighted by atomic mass is 35.5. The Balaban J connectivity index is 1.87. The maximum Gasteiger partial charge on any atom is 0.325 e. The van der Waals surface area contributed by atoms with Crippen LogP contribution in [-0.2, 0) is 22.6 Å². The standard InChI is InChI=1S/C17H16ClNO4S/c1-10(20)23-15-8-11-9-19(7-6-14(11)24-15)16(17(21)22)12-4-2-3-5-13(12)18/h2-5,8,16H,6-7,9H2,1H3,(H,21,22). The summed E-state index contributed by atoms with van der Waals surface area (Å²) in [5.74, 6) is -1.29. The SMILES string of the molecule is CC(=O)Oc1cc2c(s1)CCN(C(C(=O)O)c1ccccc1Cl)C2. The van der Waals surface area contributed by atoms with Gasteiger partial charge >= 0.3 is 11.9 Å². The first-order valence-electron chi connectivity index (χ1n) is 7.47. The maximum absolute atomic E-state index is 11.8. The Hall–Kier alpha value is -1.89. The minimum Gasteiger partial charge on any atom is -0.480 e. The minimum absolute atomic E-state index is 0.357. The maximum atomic E-state index is 11.8. The first kappa shape index (κ1) is 17.0. The molecule has 1 unspecified atom stereocenters. The van der Waals surface area contributed by atoms with E-state index in [4.69, 9.17) is 16.3 Å². The van der Waals surface area contributed by atoms with Gasteiger partial charge in [0.25, 0.3) is 0 Å². The molecule has 7 heteroatoms. The Kier molecular flexibility index (Phi) is 4.89. The van der Waals surface area contributed by atoms with Crippen LogP contribution in [0.2, 0.25) is 5.02 Å². The second-order valence-electron chi connectivity index (χ2n) is 5.59. The van der Waals surface area contributed by atoms with Crippen molar-refractivity contribution < 1.29 is 19.4 Å². The molecule has 0 radical (unpaired) electrons. The van der Waals surface area contributed by atoms with Crippen LogP contribution in [0.4, 0.5) is 0 Å². The van der Waals surface area contributed by atoms with Crippen molar-refractivity contribution >= 4 is 34.9 Å². The fourth-order valence-electron chi connectivity index (χ4n) is 2.92. The fourth-order valence-corrected chi connectivity index (χ4v) is 4.21. The molecule has 1 atom stereocenters. The van der Waals surface area contributed by atoms with E-state index < -0.39 is 12.0 Å². The molecule has 1 aliphatic rings. The average molecular weight is 366 g/mol. The van der Waals surface area contributed by atoms with E-state index in [2.05, 4.69) is 0 Å². The highest BCUT2D eigenvalue weighted by Crippen LogP contribution is 2.37. The number of hydrogen-bond donors (Lipinski definition) is 1. The van der Waals surface area contributed by atoms with Crippen LogP contribution in [0, 0.1) is 0 Å². The number of ether oxygens (including phenoxy) is 1. The number of carboxylic acid groups (broad SMARTS) is 1. The molecule has 0 aliphatic carbocycles. The van der Waals surface area contributed by atoms with Crippen molar-refractivity contribution in [3.8, 4) is 5.06 Å². The van der Waals surface area contributed by atoms with Crippen LogP contribution in [-0.4, -0.2) is 28.5 Å². The summed E-state index contributed by atoms with van der Waals surface area (Å²) in [5, 5.41) is 10.7. The number of fused-ring (bicyclic) bond motifs is 1. The molecule has 0 amide bonds. The molecule has 0 saturated carbocycles. The lowest BCUT2D eigenvalue weighted by Gasteiger charge is -2.32. The third-order valence-corrected chi connectivity index (χ3v) is 5.38. The molecular weight excluding hydrogens is 350 g/mol. The lowest BCUT2D eigenvalue weighted by molar-refractivity contribution is -0.144. The highest BCUT2D eigenvalue weighted by molar-refractivity contribution is 7.14. The molecule has 0 bridgehead atoms. The Morgan fingerprint density at radius 1 is 1.38 bits per heavy atom. The number of benzene rings is 1. The number of hydrogen-bond acceptors (Lipinski definition) is 5. The predicted octanol–water partition coefficient (Wildman–Crippen LogP) is 3.51. The zero-order valence-electron chi connectivity index (χ0n) is 13.0.